The average Bonchev–Trinajstić information content (AvgIpc) is 2.78. The molecule has 8 nitrogen and oxygen atoms in total. The fourth-order valence-electron chi connectivity index (χ4n) is 4.15. The number of nitrogens with zero attached hydrogens (tertiary/aromatic N) is 2. The first kappa shape index (κ1) is 22.6. The van der Waals surface area contributed by atoms with E-state index in [9.17, 15) is 14.4 Å². The van der Waals surface area contributed by atoms with Crippen LogP contribution in [0.2, 0.25) is 0 Å². The van der Waals surface area contributed by atoms with Crippen LogP contribution in [0.1, 0.15) is 49.5 Å². The standard InChI is InChI=1S/C25H29N3O5/c1-25(2,3)33-23(30)26-19-10-8-17(9-11-19)22(29)27-14-12-20(13-15-27)28-21-7-5-4-6-18(21)16-32-24(28)31/h4-11,20H,12-16H2,1-3H3,(H,26,30). The average molecular weight is 452 g/mol. The van der Waals surface area contributed by atoms with Crippen LogP contribution in [0.15, 0.2) is 48.5 Å². The minimum Gasteiger partial charge on any atom is -0.444 e. The number of hydrogen-bond donors (Lipinski definition) is 1. The number of anilines is 2. The van der Waals surface area contributed by atoms with Crippen LogP contribution in [-0.4, -0.2) is 47.7 Å². The smallest absolute Gasteiger partial charge is 0.414 e. The van der Waals surface area contributed by atoms with Gasteiger partial charge in [-0.1, -0.05) is 18.2 Å². The topological polar surface area (TPSA) is 88.2 Å². The van der Waals surface area contributed by atoms with Gasteiger partial charge in [-0.3, -0.25) is 15.0 Å². The third kappa shape index (κ3) is 5.27. The number of nitrogens with one attached hydrogen (secondary N) is 1. The molecule has 0 spiro atoms. The van der Waals surface area contributed by atoms with Gasteiger partial charge in [-0.25, -0.2) is 9.59 Å². The Balaban J connectivity index is 1.35. The Bertz CT molecular complexity index is 1040. The van der Waals surface area contributed by atoms with Crippen molar-refractivity contribution in [1.29, 1.82) is 0 Å². The second-order valence-electron chi connectivity index (χ2n) is 9.28. The van der Waals surface area contributed by atoms with Crippen molar-refractivity contribution in [3.63, 3.8) is 0 Å². The van der Waals surface area contributed by atoms with Crippen molar-refractivity contribution in [1.82, 2.24) is 4.90 Å². The summed E-state index contributed by atoms with van der Waals surface area (Å²) in [6, 6.07) is 14.5. The van der Waals surface area contributed by atoms with E-state index in [1.807, 2.05) is 24.3 Å². The summed E-state index contributed by atoms with van der Waals surface area (Å²) in [4.78, 5) is 40.9. The fourth-order valence-corrected chi connectivity index (χ4v) is 4.15. The molecule has 2 aliphatic rings. The van der Waals surface area contributed by atoms with Crippen LogP contribution in [0.4, 0.5) is 21.0 Å². The lowest BCUT2D eigenvalue weighted by Gasteiger charge is -2.40. The number of carbonyl (C=O) groups is 3. The molecular weight excluding hydrogens is 422 g/mol. The number of ether oxygens (including phenoxy) is 2. The molecule has 2 aromatic rings. The van der Waals surface area contributed by atoms with E-state index in [2.05, 4.69) is 5.32 Å². The number of carbonyl (C=O) groups excluding carboxylic acids is 3. The van der Waals surface area contributed by atoms with Crippen LogP contribution in [0, 0.1) is 0 Å². The van der Waals surface area contributed by atoms with E-state index in [1.165, 1.54) is 0 Å². The molecule has 0 atom stereocenters. The normalized spacial score (nSPS) is 16.6. The predicted octanol–water partition coefficient (Wildman–Crippen LogP) is 4.80. The van der Waals surface area contributed by atoms with Crippen molar-refractivity contribution in [2.45, 2.75) is 51.9 Å². The summed E-state index contributed by atoms with van der Waals surface area (Å²) in [5, 5.41) is 2.66. The molecular formula is C25H29N3O5. The fraction of sp³-hybridized carbons (Fsp3) is 0.400. The zero-order valence-electron chi connectivity index (χ0n) is 19.2. The zero-order chi connectivity index (χ0) is 23.6. The van der Waals surface area contributed by atoms with E-state index in [1.54, 1.807) is 54.8 Å². The molecule has 174 valence electrons. The summed E-state index contributed by atoms with van der Waals surface area (Å²) < 4.78 is 10.6. The monoisotopic (exact) mass is 451 g/mol. The lowest BCUT2D eigenvalue weighted by atomic mass is 10.00. The van der Waals surface area contributed by atoms with E-state index in [0.717, 1.165) is 11.3 Å². The van der Waals surface area contributed by atoms with Gasteiger partial charge in [0, 0.05) is 35.9 Å². The van der Waals surface area contributed by atoms with Crippen LogP contribution < -0.4 is 10.2 Å². The van der Waals surface area contributed by atoms with Gasteiger partial charge in [0.15, 0.2) is 0 Å². The molecule has 0 radical (unpaired) electrons. The number of likely N-dealkylation sites (tertiary alicyclic amines) is 1. The number of rotatable bonds is 3. The molecule has 1 saturated heterocycles. The van der Waals surface area contributed by atoms with Gasteiger partial charge in [0.1, 0.15) is 12.2 Å². The van der Waals surface area contributed by atoms with Crippen molar-refractivity contribution < 1.29 is 23.9 Å². The molecule has 33 heavy (non-hydrogen) atoms. The van der Waals surface area contributed by atoms with Gasteiger partial charge in [0.2, 0.25) is 0 Å². The first-order chi connectivity index (χ1) is 15.7. The van der Waals surface area contributed by atoms with Crippen LogP contribution in [0.3, 0.4) is 0 Å². The van der Waals surface area contributed by atoms with E-state index in [0.29, 0.717) is 43.8 Å². The van der Waals surface area contributed by atoms with Crippen LogP contribution >= 0.6 is 0 Å². The highest BCUT2D eigenvalue weighted by atomic mass is 16.6. The molecule has 3 amide bonds. The molecule has 0 bridgehead atoms. The van der Waals surface area contributed by atoms with Crippen LogP contribution in [-0.2, 0) is 16.1 Å². The highest BCUT2D eigenvalue weighted by Gasteiger charge is 2.35. The number of amides is 3. The third-order valence-corrected chi connectivity index (χ3v) is 5.69. The zero-order valence-corrected chi connectivity index (χ0v) is 19.2. The number of cyclic esters (lactones) is 1. The second kappa shape index (κ2) is 9.13. The third-order valence-electron chi connectivity index (χ3n) is 5.69. The maximum absolute atomic E-state index is 13.0. The summed E-state index contributed by atoms with van der Waals surface area (Å²) >= 11 is 0. The Morgan fingerprint density at radius 2 is 1.70 bits per heavy atom. The number of piperidine rings is 1. The minimum atomic E-state index is -0.584. The van der Waals surface area contributed by atoms with Crippen molar-refractivity contribution in [3.8, 4) is 0 Å². The number of hydrogen-bond acceptors (Lipinski definition) is 5. The van der Waals surface area contributed by atoms with E-state index in [-0.39, 0.29) is 18.0 Å². The van der Waals surface area contributed by atoms with Crippen molar-refractivity contribution >= 4 is 29.5 Å². The van der Waals surface area contributed by atoms with E-state index < -0.39 is 11.7 Å². The van der Waals surface area contributed by atoms with Crippen LogP contribution in [0.25, 0.3) is 0 Å². The van der Waals surface area contributed by atoms with Gasteiger partial charge in [-0.15, -0.1) is 0 Å². The van der Waals surface area contributed by atoms with Crippen molar-refractivity contribution in [2.75, 3.05) is 23.3 Å². The predicted molar refractivity (Wildman–Crippen MR) is 124 cm³/mol. The molecule has 1 N–H and O–H groups in total. The molecule has 8 heteroatoms. The van der Waals surface area contributed by atoms with Gasteiger partial charge in [0.25, 0.3) is 5.91 Å². The summed E-state index contributed by atoms with van der Waals surface area (Å²) in [5.74, 6) is -0.0705. The van der Waals surface area contributed by atoms with Gasteiger partial charge in [-0.05, 0) is 63.9 Å². The Labute approximate surface area is 193 Å². The van der Waals surface area contributed by atoms with Crippen molar-refractivity contribution in [3.05, 3.63) is 59.7 Å². The van der Waals surface area contributed by atoms with Gasteiger partial charge >= 0.3 is 12.2 Å². The Kier molecular flexibility index (Phi) is 6.26. The number of para-hydroxylation sites is 1. The second-order valence-corrected chi connectivity index (χ2v) is 9.28. The van der Waals surface area contributed by atoms with Gasteiger partial charge < -0.3 is 14.4 Å². The molecule has 1 fully saturated rings. The van der Waals surface area contributed by atoms with Gasteiger partial charge in [-0.2, -0.15) is 0 Å². The molecule has 0 saturated carbocycles. The largest absolute Gasteiger partial charge is 0.444 e. The Morgan fingerprint density at radius 3 is 2.36 bits per heavy atom. The first-order valence-corrected chi connectivity index (χ1v) is 11.1. The highest BCUT2D eigenvalue weighted by Crippen LogP contribution is 2.32. The number of benzene rings is 2. The summed E-state index contributed by atoms with van der Waals surface area (Å²) in [5.41, 5.74) is 2.41. The molecule has 0 unspecified atom stereocenters. The number of fused-ring (bicyclic) bond motifs is 1. The molecule has 2 aliphatic heterocycles. The Morgan fingerprint density at radius 1 is 1.03 bits per heavy atom. The highest BCUT2D eigenvalue weighted by molar-refractivity contribution is 5.95. The van der Waals surface area contributed by atoms with Crippen molar-refractivity contribution in [2.24, 2.45) is 0 Å². The molecule has 0 aliphatic carbocycles. The lowest BCUT2D eigenvalue weighted by molar-refractivity contribution is 0.0635. The maximum Gasteiger partial charge on any atom is 0.414 e. The molecule has 2 aromatic carbocycles. The minimum absolute atomic E-state index is 0.0107. The van der Waals surface area contributed by atoms with E-state index in [4.69, 9.17) is 9.47 Å². The van der Waals surface area contributed by atoms with Gasteiger partial charge in [0.05, 0.1) is 5.69 Å². The summed E-state index contributed by atoms with van der Waals surface area (Å²) in [6.07, 6.45) is 0.481. The van der Waals surface area contributed by atoms with E-state index >= 15 is 0 Å². The SMILES string of the molecule is CC(C)(C)OC(=O)Nc1ccc(C(=O)N2CCC(N3C(=O)OCc4ccccc43)CC2)cc1. The summed E-state index contributed by atoms with van der Waals surface area (Å²) in [6.45, 7) is 6.78. The molecule has 4 rings (SSSR count). The maximum atomic E-state index is 13.0. The molecule has 0 aromatic heterocycles. The quantitative estimate of drug-likeness (QED) is 0.725. The van der Waals surface area contributed by atoms with Crippen LogP contribution in [0.5, 0.6) is 0 Å². The molecule has 2 heterocycles. The summed E-state index contributed by atoms with van der Waals surface area (Å²) in [7, 11) is 0. The Hall–Kier alpha value is -3.55. The first-order valence-electron chi connectivity index (χ1n) is 11.1. The lowest BCUT2D eigenvalue weighted by Crippen LogP contribution is -2.50.